The summed E-state index contributed by atoms with van der Waals surface area (Å²) in [5, 5.41) is 6.68. The molecule has 2 N–H and O–H groups in total. The number of hydrogen-bond donors (Lipinski definition) is 2. The highest BCUT2D eigenvalue weighted by atomic mass is 15.0. The van der Waals surface area contributed by atoms with Crippen molar-refractivity contribution in [1.29, 1.82) is 0 Å². The van der Waals surface area contributed by atoms with Gasteiger partial charge in [-0.25, -0.2) is 0 Å². The van der Waals surface area contributed by atoms with E-state index in [0.717, 1.165) is 0 Å². The molecule has 2 atom stereocenters. The van der Waals surface area contributed by atoms with Gasteiger partial charge in [0.05, 0.1) is 0 Å². The Morgan fingerprint density at radius 1 is 0.900 bits per heavy atom. The van der Waals surface area contributed by atoms with Crippen LogP contribution in [-0.4, -0.2) is 26.2 Å². The molecule has 1 aliphatic rings. The predicted molar refractivity (Wildman–Crippen MR) is 44.2 cm³/mol. The molecule has 1 fully saturated rings. The van der Waals surface area contributed by atoms with E-state index in [1.807, 2.05) is 0 Å². The molecule has 0 amide bonds. The molecule has 0 aromatic heterocycles. The second kappa shape index (κ2) is 3.94. The lowest BCUT2D eigenvalue weighted by molar-refractivity contribution is 0.309. The minimum Gasteiger partial charge on any atom is -0.315 e. The van der Waals surface area contributed by atoms with E-state index in [2.05, 4.69) is 24.7 Å². The van der Waals surface area contributed by atoms with Gasteiger partial charge in [-0.05, 0) is 26.9 Å². The first kappa shape index (κ1) is 8.02. The van der Waals surface area contributed by atoms with Crippen LogP contribution in [0, 0.1) is 0 Å². The van der Waals surface area contributed by atoms with E-state index in [-0.39, 0.29) is 0 Å². The Morgan fingerprint density at radius 2 is 1.30 bits per heavy atom. The van der Waals surface area contributed by atoms with Gasteiger partial charge in [0.25, 0.3) is 0 Å². The topological polar surface area (TPSA) is 24.1 Å². The SMILES string of the molecule is CN[C@H]1CCCC[C@H]1NC. The van der Waals surface area contributed by atoms with Gasteiger partial charge in [0.2, 0.25) is 0 Å². The van der Waals surface area contributed by atoms with Crippen molar-refractivity contribution >= 4 is 0 Å². The van der Waals surface area contributed by atoms with Crippen LogP contribution in [-0.2, 0) is 0 Å². The van der Waals surface area contributed by atoms with Crippen LogP contribution < -0.4 is 10.6 Å². The van der Waals surface area contributed by atoms with Crippen molar-refractivity contribution in [2.75, 3.05) is 14.1 Å². The Kier molecular flexibility index (Phi) is 3.16. The third kappa shape index (κ3) is 1.70. The highest BCUT2D eigenvalue weighted by Gasteiger charge is 2.21. The molecular formula is C8H18N2. The van der Waals surface area contributed by atoms with E-state index in [9.17, 15) is 0 Å². The van der Waals surface area contributed by atoms with Gasteiger partial charge < -0.3 is 10.6 Å². The summed E-state index contributed by atoms with van der Waals surface area (Å²) in [6, 6.07) is 1.41. The van der Waals surface area contributed by atoms with E-state index >= 15 is 0 Å². The second-order valence-corrected chi connectivity index (χ2v) is 3.07. The zero-order valence-electron chi connectivity index (χ0n) is 6.98. The molecule has 0 aliphatic heterocycles. The monoisotopic (exact) mass is 142 g/mol. The normalized spacial score (nSPS) is 34.2. The fraction of sp³-hybridized carbons (Fsp3) is 1.00. The van der Waals surface area contributed by atoms with Crippen molar-refractivity contribution in [2.45, 2.75) is 37.8 Å². The Labute approximate surface area is 63.4 Å². The average Bonchev–Trinajstić information content (AvgIpc) is 2.04. The summed E-state index contributed by atoms with van der Waals surface area (Å²) < 4.78 is 0. The first-order valence-electron chi connectivity index (χ1n) is 4.23. The van der Waals surface area contributed by atoms with Gasteiger partial charge in [-0.2, -0.15) is 0 Å². The predicted octanol–water partition coefficient (Wildman–Crippen LogP) is 0.736. The van der Waals surface area contributed by atoms with Crippen molar-refractivity contribution in [3.8, 4) is 0 Å². The maximum Gasteiger partial charge on any atom is 0.0218 e. The van der Waals surface area contributed by atoms with Crippen LogP contribution in [0.4, 0.5) is 0 Å². The summed E-state index contributed by atoms with van der Waals surface area (Å²) in [5.41, 5.74) is 0. The molecule has 0 bridgehead atoms. The lowest BCUT2D eigenvalue weighted by Crippen LogP contribution is -2.47. The summed E-state index contributed by atoms with van der Waals surface area (Å²) in [6.07, 6.45) is 5.46. The Morgan fingerprint density at radius 3 is 1.60 bits per heavy atom. The summed E-state index contributed by atoms with van der Waals surface area (Å²) >= 11 is 0. The van der Waals surface area contributed by atoms with Crippen LogP contribution in [0.1, 0.15) is 25.7 Å². The standard InChI is InChI=1S/C8H18N2/c1-9-7-5-3-4-6-8(7)10-2/h7-10H,3-6H2,1-2H3/t7-,8+. The summed E-state index contributed by atoms with van der Waals surface area (Å²) in [4.78, 5) is 0. The summed E-state index contributed by atoms with van der Waals surface area (Å²) in [5.74, 6) is 0. The highest BCUT2D eigenvalue weighted by molar-refractivity contribution is 4.83. The van der Waals surface area contributed by atoms with E-state index in [1.165, 1.54) is 25.7 Å². The molecule has 0 heterocycles. The van der Waals surface area contributed by atoms with E-state index in [0.29, 0.717) is 12.1 Å². The summed E-state index contributed by atoms with van der Waals surface area (Å²) in [7, 11) is 4.11. The molecule has 60 valence electrons. The van der Waals surface area contributed by atoms with E-state index in [4.69, 9.17) is 0 Å². The van der Waals surface area contributed by atoms with Crippen molar-refractivity contribution < 1.29 is 0 Å². The summed E-state index contributed by atoms with van der Waals surface area (Å²) in [6.45, 7) is 0. The Balaban J connectivity index is 2.34. The van der Waals surface area contributed by atoms with Gasteiger partial charge in [0.15, 0.2) is 0 Å². The maximum atomic E-state index is 3.34. The molecule has 0 radical (unpaired) electrons. The van der Waals surface area contributed by atoms with Gasteiger partial charge in [-0.1, -0.05) is 12.8 Å². The van der Waals surface area contributed by atoms with E-state index in [1.54, 1.807) is 0 Å². The Hall–Kier alpha value is -0.0800. The molecule has 1 saturated carbocycles. The fourth-order valence-electron chi connectivity index (χ4n) is 1.82. The zero-order valence-corrected chi connectivity index (χ0v) is 6.98. The minimum atomic E-state index is 0.707. The quantitative estimate of drug-likeness (QED) is 0.594. The van der Waals surface area contributed by atoms with Crippen molar-refractivity contribution in [3.05, 3.63) is 0 Å². The largest absolute Gasteiger partial charge is 0.315 e. The van der Waals surface area contributed by atoms with Crippen LogP contribution in [0.5, 0.6) is 0 Å². The smallest absolute Gasteiger partial charge is 0.0218 e. The van der Waals surface area contributed by atoms with Crippen molar-refractivity contribution in [3.63, 3.8) is 0 Å². The molecular weight excluding hydrogens is 124 g/mol. The first-order valence-corrected chi connectivity index (χ1v) is 4.23. The number of rotatable bonds is 2. The molecule has 1 aliphatic carbocycles. The third-order valence-electron chi connectivity index (χ3n) is 2.51. The first-order chi connectivity index (χ1) is 4.88. The molecule has 1 rings (SSSR count). The highest BCUT2D eigenvalue weighted by Crippen LogP contribution is 2.17. The van der Waals surface area contributed by atoms with Crippen LogP contribution in [0.2, 0.25) is 0 Å². The molecule has 0 unspecified atom stereocenters. The van der Waals surface area contributed by atoms with Crippen LogP contribution in [0.3, 0.4) is 0 Å². The van der Waals surface area contributed by atoms with Crippen LogP contribution in [0.15, 0.2) is 0 Å². The van der Waals surface area contributed by atoms with E-state index < -0.39 is 0 Å². The van der Waals surface area contributed by atoms with Gasteiger partial charge in [0, 0.05) is 12.1 Å². The number of hydrogen-bond acceptors (Lipinski definition) is 2. The third-order valence-corrected chi connectivity index (χ3v) is 2.51. The lowest BCUT2D eigenvalue weighted by atomic mass is 9.91. The number of likely N-dealkylation sites (N-methyl/N-ethyl adjacent to an activating group) is 2. The molecule has 2 heteroatoms. The van der Waals surface area contributed by atoms with Gasteiger partial charge in [0.1, 0.15) is 0 Å². The molecule has 2 nitrogen and oxygen atoms in total. The second-order valence-electron chi connectivity index (χ2n) is 3.07. The average molecular weight is 142 g/mol. The Bertz CT molecular complexity index is 81.3. The maximum absolute atomic E-state index is 3.34. The molecule has 0 aromatic rings. The molecule has 0 spiro atoms. The minimum absolute atomic E-state index is 0.707. The van der Waals surface area contributed by atoms with Gasteiger partial charge >= 0.3 is 0 Å². The molecule has 0 saturated heterocycles. The van der Waals surface area contributed by atoms with Crippen LogP contribution in [0.25, 0.3) is 0 Å². The van der Waals surface area contributed by atoms with Gasteiger partial charge in [-0.3, -0.25) is 0 Å². The van der Waals surface area contributed by atoms with Crippen molar-refractivity contribution in [2.24, 2.45) is 0 Å². The van der Waals surface area contributed by atoms with Gasteiger partial charge in [-0.15, -0.1) is 0 Å². The van der Waals surface area contributed by atoms with Crippen LogP contribution >= 0.6 is 0 Å². The number of nitrogens with one attached hydrogen (secondary N) is 2. The fourth-order valence-corrected chi connectivity index (χ4v) is 1.82. The molecule has 0 aromatic carbocycles. The van der Waals surface area contributed by atoms with Crippen molar-refractivity contribution in [1.82, 2.24) is 10.6 Å². The zero-order chi connectivity index (χ0) is 7.40. The molecule has 10 heavy (non-hydrogen) atoms. The lowest BCUT2D eigenvalue weighted by Gasteiger charge is -2.30.